The number of nitrogens with zero attached hydrogens (tertiary/aromatic N) is 1. The van der Waals surface area contributed by atoms with Crippen LogP contribution in [0.1, 0.15) is 81.5 Å². The average Bonchev–Trinajstić information content (AvgIpc) is 3.24. The van der Waals surface area contributed by atoms with E-state index in [1.54, 1.807) is 19.9 Å². The molecular weight excluding hydrogens is 524 g/mol. The minimum absolute atomic E-state index is 0.0439. The first-order valence-corrected chi connectivity index (χ1v) is 14.4. The van der Waals surface area contributed by atoms with Gasteiger partial charge in [-0.3, -0.25) is 9.36 Å². The lowest BCUT2D eigenvalue weighted by molar-refractivity contribution is -0.138. The summed E-state index contributed by atoms with van der Waals surface area (Å²) < 4.78 is 12.8. The summed E-state index contributed by atoms with van der Waals surface area (Å²) in [5.41, 5.74) is 10.2. The molecule has 0 unspecified atom stereocenters. The molecule has 2 heterocycles. The van der Waals surface area contributed by atoms with Gasteiger partial charge in [-0.05, 0) is 54.0 Å². The van der Waals surface area contributed by atoms with Gasteiger partial charge in [0.1, 0.15) is 10.5 Å². The van der Waals surface area contributed by atoms with Crippen LogP contribution in [-0.2, 0) is 19.1 Å². The van der Waals surface area contributed by atoms with E-state index in [4.69, 9.17) is 15.2 Å². The van der Waals surface area contributed by atoms with Crippen molar-refractivity contribution in [2.45, 2.75) is 59.3 Å². The Hall–Kier alpha value is -3.91. The number of esters is 2. The molecule has 4 rings (SSSR count). The lowest BCUT2D eigenvalue weighted by Crippen LogP contribution is -2.42. The molecule has 0 radical (unpaired) electrons. The molecule has 0 fully saturated rings. The van der Waals surface area contributed by atoms with Gasteiger partial charge in [0.15, 0.2) is 0 Å². The molecule has 0 aliphatic carbocycles. The zero-order valence-electron chi connectivity index (χ0n) is 23.8. The predicted octanol–water partition coefficient (Wildman–Crippen LogP) is 4.19. The highest BCUT2D eigenvalue weighted by Gasteiger charge is 2.40. The van der Waals surface area contributed by atoms with Crippen molar-refractivity contribution >= 4 is 40.7 Å². The Morgan fingerprint density at radius 3 is 1.88 bits per heavy atom. The van der Waals surface area contributed by atoms with Crippen LogP contribution in [0.15, 0.2) is 58.9 Å². The predicted molar refractivity (Wildman–Crippen MR) is 159 cm³/mol. The Bertz CT molecular complexity index is 1620. The highest BCUT2D eigenvalue weighted by atomic mass is 32.1. The van der Waals surface area contributed by atoms with Crippen LogP contribution in [0.3, 0.4) is 0 Å². The maximum Gasteiger partial charge on any atom is 0.338 e. The van der Waals surface area contributed by atoms with Crippen LogP contribution in [0.4, 0.5) is 0 Å². The summed E-state index contributed by atoms with van der Waals surface area (Å²) in [5, 5.41) is 0. The quantitative estimate of drug-likeness (QED) is 0.415. The van der Waals surface area contributed by atoms with Gasteiger partial charge in [0.25, 0.3) is 5.56 Å². The normalized spacial score (nSPS) is 15.6. The van der Waals surface area contributed by atoms with E-state index in [1.807, 2.05) is 48.5 Å². The van der Waals surface area contributed by atoms with E-state index in [0.717, 1.165) is 22.5 Å². The molecular formula is C32H36N2O5S. The molecule has 210 valence electrons. The fourth-order valence-electron chi connectivity index (χ4n) is 4.80. The molecule has 0 spiro atoms. The van der Waals surface area contributed by atoms with Crippen molar-refractivity contribution in [2.24, 2.45) is 5.73 Å². The van der Waals surface area contributed by atoms with Gasteiger partial charge in [-0.25, -0.2) is 9.59 Å². The number of benzene rings is 2. The van der Waals surface area contributed by atoms with Gasteiger partial charge in [0.05, 0.1) is 34.8 Å². The number of hydrogen-bond donors (Lipinski definition) is 1. The largest absolute Gasteiger partial charge is 0.463 e. The highest BCUT2D eigenvalue weighted by Crippen LogP contribution is 2.38. The summed E-state index contributed by atoms with van der Waals surface area (Å²) in [6, 6.07) is 15.7. The second-order valence-electron chi connectivity index (χ2n) is 10.3. The summed E-state index contributed by atoms with van der Waals surface area (Å²) in [6.07, 6.45) is 1.77. The van der Waals surface area contributed by atoms with E-state index in [1.165, 1.54) is 10.1 Å². The fraction of sp³-hybridized carbons (Fsp3) is 0.344. The van der Waals surface area contributed by atoms with Crippen LogP contribution in [0.25, 0.3) is 17.5 Å². The van der Waals surface area contributed by atoms with E-state index in [0.29, 0.717) is 26.6 Å². The summed E-state index contributed by atoms with van der Waals surface area (Å²) in [6.45, 7) is 12.1. The Balaban J connectivity index is 2.04. The monoisotopic (exact) mass is 560 g/mol. The Morgan fingerprint density at radius 2 is 1.38 bits per heavy atom. The molecule has 1 aliphatic rings. The number of thiazole rings is 1. The molecule has 1 aromatic heterocycles. The van der Waals surface area contributed by atoms with Gasteiger partial charge >= 0.3 is 11.9 Å². The maximum absolute atomic E-state index is 13.7. The van der Waals surface area contributed by atoms with E-state index in [-0.39, 0.29) is 30.2 Å². The Labute approximate surface area is 238 Å². The van der Waals surface area contributed by atoms with E-state index < -0.39 is 23.4 Å². The van der Waals surface area contributed by atoms with Gasteiger partial charge in [-0.2, -0.15) is 0 Å². The van der Waals surface area contributed by atoms with Crippen molar-refractivity contribution in [3.8, 4) is 0 Å². The molecule has 2 aromatic carbocycles. The maximum atomic E-state index is 13.7. The summed E-state index contributed by atoms with van der Waals surface area (Å²) in [5.74, 6) is -1.52. The van der Waals surface area contributed by atoms with Crippen molar-refractivity contribution in [3.63, 3.8) is 0 Å². The van der Waals surface area contributed by atoms with Crippen LogP contribution in [-0.4, -0.2) is 29.7 Å². The van der Waals surface area contributed by atoms with Crippen LogP contribution >= 0.6 is 11.3 Å². The number of rotatable bonds is 8. The molecule has 3 aromatic rings. The minimum atomic E-state index is -0.865. The second-order valence-corrected chi connectivity index (χ2v) is 11.3. The Kier molecular flexibility index (Phi) is 8.79. The number of hydrogen-bond acceptors (Lipinski definition) is 7. The SMILES string of the molecule is CCOC(=O)C1=C(N)n2c(s/c(=C/c3ccc(C(C)C)cc3)c2=O)=C(C(=O)OCC)[C@@H]1c1ccc(C(C)C)cc1. The van der Waals surface area contributed by atoms with E-state index in [2.05, 4.69) is 27.7 Å². The molecule has 0 amide bonds. The van der Waals surface area contributed by atoms with Gasteiger partial charge in [0, 0.05) is 0 Å². The first-order chi connectivity index (χ1) is 19.1. The fourth-order valence-corrected chi connectivity index (χ4v) is 5.96. The van der Waals surface area contributed by atoms with Gasteiger partial charge in [-0.15, -0.1) is 11.3 Å². The highest BCUT2D eigenvalue weighted by molar-refractivity contribution is 7.07. The molecule has 1 aliphatic heterocycles. The molecule has 2 N–H and O–H groups in total. The third kappa shape index (κ3) is 5.54. The molecule has 0 saturated heterocycles. The lowest BCUT2D eigenvalue weighted by atomic mass is 9.82. The van der Waals surface area contributed by atoms with Crippen LogP contribution in [0.2, 0.25) is 0 Å². The van der Waals surface area contributed by atoms with Gasteiger partial charge in [0.2, 0.25) is 0 Å². The van der Waals surface area contributed by atoms with Crippen LogP contribution in [0.5, 0.6) is 0 Å². The van der Waals surface area contributed by atoms with Crippen LogP contribution < -0.4 is 20.5 Å². The number of aromatic nitrogens is 1. The van der Waals surface area contributed by atoms with Crippen molar-refractivity contribution in [1.29, 1.82) is 0 Å². The van der Waals surface area contributed by atoms with Crippen molar-refractivity contribution < 1.29 is 19.1 Å². The third-order valence-electron chi connectivity index (χ3n) is 6.98. The zero-order chi connectivity index (χ0) is 29.1. The number of carbonyl (C=O) groups excluding carboxylic acids is 2. The molecule has 1 atom stereocenters. The summed E-state index contributed by atoms with van der Waals surface area (Å²) in [4.78, 5) is 40.6. The minimum Gasteiger partial charge on any atom is -0.463 e. The van der Waals surface area contributed by atoms with Crippen LogP contribution in [0, 0.1) is 0 Å². The smallest absolute Gasteiger partial charge is 0.338 e. The zero-order valence-corrected chi connectivity index (χ0v) is 24.6. The standard InChI is InChI=1S/C32H36N2O5S/c1-7-38-31(36)26-25(23-15-13-22(14-16-23)19(5)6)27(32(37)39-8-2)30-34(28(26)33)29(35)24(40-30)17-20-9-11-21(12-10-20)18(3)4/h9-19,25H,7-8,33H2,1-6H3/b24-17+/t25-/m1/s1. The van der Waals surface area contributed by atoms with E-state index in [9.17, 15) is 14.4 Å². The topological polar surface area (TPSA) is 101 Å². The van der Waals surface area contributed by atoms with Gasteiger partial charge < -0.3 is 15.2 Å². The van der Waals surface area contributed by atoms with Gasteiger partial charge in [-0.1, -0.05) is 76.2 Å². The van der Waals surface area contributed by atoms with Crippen molar-refractivity contribution in [1.82, 2.24) is 4.57 Å². The molecule has 40 heavy (non-hydrogen) atoms. The molecule has 0 saturated carbocycles. The first-order valence-electron chi connectivity index (χ1n) is 13.6. The Morgan fingerprint density at radius 1 is 0.875 bits per heavy atom. The van der Waals surface area contributed by atoms with Crippen molar-refractivity contribution in [2.75, 3.05) is 13.2 Å². The molecule has 0 bridgehead atoms. The molecule has 8 heteroatoms. The third-order valence-corrected chi connectivity index (χ3v) is 8.08. The van der Waals surface area contributed by atoms with Crippen molar-refractivity contribution in [3.05, 3.63) is 95.9 Å². The number of fused-ring (bicyclic) bond motifs is 1. The van der Waals surface area contributed by atoms with E-state index >= 15 is 0 Å². The first kappa shape index (κ1) is 29.1. The second kappa shape index (κ2) is 12.1. The average molecular weight is 561 g/mol. The number of carbonyl (C=O) groups is 2. The lowest BCUT2D eigenvalue weighted by Gasteiger charge is -2.27. The number of nitrogens with two attached hydrogens (primary N) is 1. The number of ether oxygens (including phenoxy) is 2. The molecule has 7 nitrogen and oxygen atoms in total. The summed E-state index contributed by atoms with van der Waals surface area (Å²) in [7, 11) is 0. The summed E-state index contributed by atoms with van der Waals surface area (Å²) >= 11 is 1.16.